The molecule has 0 saturated carbocycles. The van der Waals surface area contributed by atoms with Crippen LogP contribution in [0.5, 0.6) is 0 Å². The number of nitrogens with two attached hydrogens (primary N) is 1. The van der Waals surface area contributed by atoms with Crippen molar-refractivity contribution >= 4 is 0 Å². The van der Waals surface area contributed by atoms with Crippen LogP contribution in [0.2, 0.25) is 0 Å². The van der Waals surface area contributed by atoms with E-state index in [1.165, 1.54) is 6.07 Å². The molecule has 0 bridgehead atoms. The summed E-state index contributed by atoms with van der Waals surface area (Å²) in [6, 6.07) is 6.22. The fourth-order valence-corrected chi connectivity index (χ4v) is 2.28. The van der Waals surface area contributed by atoms with E-state index in [0.29, 0.717) is 12.2 Å². The molecule has 2 nitrogen and oxygen atoms in total. The highest BCUT2D eigenvalue weighted by molar-refractivity contribution is 5.23. The first-order valence-corrected chi connectivity index (χ1v) is 6.25. The van der Waals surface area contributed by atoms with Crippen LogP contribution in [0.15, 0.2) is 24.3 Å². The predicted molar refractivity (Wildman–Crippen MR) is 68.3 cm³/mol. The molecule has 0 saturated heterocycles. The molecular formula is C14H22FNO. The van der Waals surface area contributed by atoms with Crippen molar-refractivity contribution in [1.29, 1.82) is 0 Å². The molecule has 1 rings (SSSR count). The normalized spacial score (nSPS) is 13.7. The van der Waals surface area contributed by atoms with Crippen LogP contribution < -0.4 is 5.73 Å². The summed E-state index contributed by atoms with van der Waals surface area (Å²) in [5.74, 6) is -0.258. The van der Waals surface area contributed by atoms with Crippen molar-refractivity contribution in [2.24, 2.45) is 5.73 Å². The Morgan fingerprint density at radius 3 is 2.29 bits per heavy atom. The van der Waals surface area contributed by atoms with Gasteiger partial charge in [0.25, 0.3) is 0 Å². The maximum atomic E-state index is 13.7. The topological polar surface area (TPSA) is 35.2 Å². The predicted octanol–water partition coefficient (Wildman–Crippen LogP) is 3.42. The van der Waals surface area contributed by atoms with E-state index in [2.05, 4.69) is 0 Å². The molecule has 0 aliphatic rings. The standard InChI is InChI=1S/C14H22FNO/c1-4-14(5-2,17-6-3)13(16)11-9-7-8-10-12(11)15/h7-10,13H,4-6,16H2,1-3H3. The summed E-state index contributed by atoms with van der Waals surface area (Å²) in [7, 11) is 0. The van der Waals surface area contributed by atoms with Gasteiger partial charge in [0.1, 0.15) is 5.82 Å². The highest BCUT2D eigenvalue weighted by Crippen LogP contribution is 2.34. The van der Waals surface area contributed by atoms with Gasteiger partial charge < -0.3 is 10.5 Å². The molecule has 96 valence electrons. The van der Waals surface area contributed by atoms with Crippen molar-refractivity contribution in [2.45, 2.75) is 45.3 Å². The van der Waals surface area contributed by atoms with Gasteiger partial charge in [0.15, 0.2) is 0 Å². The molecule has 1 unspecified atom stereocenters. The Morgan fingerprint density at radius 2 is 1.82 bits per heavy atom. The lowest BCUT2D eigenvalue weighted by molar-refractivity contribution is -0.0652. The van der Waals surface area contributed by atoms with Gasteiger partial charge in [-0.15, -0.1) is 0 Å². The maximum absolute atomic E-state index is 13.7. The van der Waals surface area contributed by atoms with Crippen LogP contribution in [0.3, 0.4) is 0 Å². The van der Waals surface area contributed by atoms with Crippen molar-refractivity contribution in [1.82, 2.24) is 0 Å². The second-order valence-corrected chi connectivity index (χ2v) is 4.20. The summed E-state index contributed by atoms with van der Waals surface area (Å²) in [4.78, 5) is 0. The minimum atomic E-state index is -0.475. The Hall–Kier alpha value is -0.930. The van der Waals surface area contributed by atoms with E-state index >= 15 is 0 Å². The van der Waals surface area contributed by atoms with Crippen molar-refractivity contribution in [3.8, 4) is 0 Å². The summed E-state index contributed by atoms with van der Waals surface area (Å²) in [5, 5.41) is 0. The Bertz CT molecular complexity index is 350. The first-order chi connectivity index (χ1) is 8.11. The second-order valence-electron chi connectivity index (χ2n) is 4.20. The number of benzene rings is 1. The van der Waals surface area contributed by atoms with E-state index in [1.54, 1.807) is 18.2 Å². The van der Waals surface area contributed by atoms with E-state index in [9.17, 15) is 4.39 Å². The van der Waals surface area contributed by atoms with Crippen LogP contribution in [0.4, 0.5) is 4.39 Å². The fraction of sp³-hybridized carbons (Fsp3) is 0.571. The number of rotatable bonds is 6. The largest absolute Gasteiger partial charge is 0.373 e. The van der Waals surface area contributed by atoms with E-state index in [-0.39, 0.29) is 5.82 Å². The maximum Gasteiger partial charge on any atom is 0.128 e. The quantitative estimate of drug-likeness (QED) is 0.825. The Labute approximate surface area is 103 Å². The molecule has 0 amide bonds. The lowest BCUT2D eigenvalue weighted by Gasteiger charge is -2.37. The zero-order valence-corrected chi connectivity index (χ0v) is 10.9. The molecule has 0 radical (unpaired) electrons. The molecule has 3 heteroatoms. The smallest absolute Gasteiger partial charge is 0.128 e. The minimum Gasteiger partial charge on any atom is -0.373 e. The van der Waals surface area contributed by atoms with Gasteiger partial charge in [-0.25, -0.2) is 4.39 Å². The molecule has 0 aliphatic carbocycles. The first kappa shape index (κ1) is 14.1. The van der Waals surface area contributed by atoms with Gasteiger partial charge in [-0.3, -0.25) is 0 Å². The summed E-state index contributed by atoms with van der Waals surface area (Å²) >= 11 is 0. The molecule has 0 aromatic heterocycles. The third-order valence-electron chi connectivity index (χ3n) is 3.44. The Morgan fingerprint density at radius 1 is 1.24 bits per heavy atom. The molecule has 1 aromatic rings. The molecule has 0 aliphatic heterocycles. The van der Waals surface area contributed by atoms with E-state index in [4.69, 9.17) is 10.5 Å². The van der Waals surface area contributed by atoms with Crippen LogP contribution in [0.25, 0.3) is 0 Å². The zero-order chi connectivity index (χ0) is 12.9. The third-order valence-corrected chi connectivity index (χ3v) is 3.44. The van der Waals surface area contributed by atoms with E-state index in [0.717, 1.165) is 12.8 Å². The van der Waals surface area contributed by atoms with Gasteiger partial charge in [0.2, 0.25) is 0 Å². The first-order valence-electron chi connectivity index (χ1n) is 6.25. The number of halogens is 1. The van der Waals surface area contributed by atoms with Crippen LogP contribution in [0, 0.1) is 5.82 Å². The van der Waals surface area contributed by atoms with Crippen molar-refractivity contribution in [3.05, 3.63) is 35.6 Å². The SMILES string of the molecule is CCOC(CC)(CC)C(N)c1ccccc1F. The highest BCUT2D eigenvalue weighted by Gasteiger charge is 2.36. The van der Waals surface area contributed by atoms with Gasteiger partial charge in [-0.05, 0) is 25.8 Å². The molecule has 1 aromatic carbocycles. The molecule has 17 heavy (non-hydrogen) atoms. The summed E-state index contributed by atoms with van der Waals surface area (Å²) in [5.41, 5.74) is 6.27. The summed E-state index contributed by atoms with van der Waals surface area (Å²) < 4.78 is 19.6. The van der Waals surface area contributed by atoms with Gasteiger partial charge in [0, 0.05) is 12.2 Å². The average molecular weight is 239 g/mol. The van der Waals surface area contributed by atoms with Gasteiger partial charge in [0.05, 0.1) is 11.6 Å². The van der Waals surface area contributed by atoms with Crippen LogP contribution >= 0.6 is 0 Å². The van der Waals surface area contributed by atoms with Crippen molar-refractivity contribution in [2.75, 3.05) is 6.61 Å². The van der Waals surface area contributed by atoms with Crippen LogP contribution in [0.1, 0.15) is 45.2 Å². The van der Waals surface area contributed by atoms with Gasteiger partial charge in [-0.2, -0.15) is 0 Å². The molecule has 0 heterocycles. The average Bonchev–Trinajstić information content (AvgIpc) is 2.36. The number of hydrogen-bond acceptors (Lipinski definition) is 2. The van der Waals surface area contributed by atoms with Gasteiger partial charge >= 0.3 is 0 Å². The zero-order valence-electron chi connectivity index (χ0n) is 10.9. The number of ether oxygens (including phenoxy) is 1. The second kappa shape index (κ2) is 6.12. The lowest BCUT2D eigenvalue weighted by Crippen LogP contribution is -2.43. The summed E-state index contributed by atoms with van der Waals surface area (Å²) in [6.07, 6.45) is 1.54. The highest BCUT2D eigenvalue weighted by atomic mass is 19.1. The summed E-state index contributed by atoms with van der Waals surface area (Å²) in [6.45, 7) is 6.58. The van der Waals surface area contributed by atoms with E-state index in [1.807, 2.05) is 20.8 Å². The molecule has 0 fully saturated rings. The van der Waals surface area contributed by atoms with Crippen LogP contribution in [-0.2, 0) is 4.74 Å². The lowest BCUT2D eigenvalue weighted by atomic mass is 9.84. The molecule has 2 N–H and O–H groups in total. The van der Waals surface area contributed by atoms with Crippen LogP contribution in [-0.4, -0.2) is 12.2 Å². The Balaban J connectivity index is 3.07. The monoisotopic (exact) mass is 239 g/mol. The molecular weight excluding hydrogens is 217 g/mol. The van der Waals surface area contributed by atoms with Gasteiger partial charge in [-0.1, -0.05) is 32.0 Å². The Kier molecular flexibility index (Phi) is 5.09. The minimum absolute atomic E-state index is 0.258. The van der Waals surface area contributed by atoms with Crippen molar-refractivity contribution in [3.63, 3.8) is 0 Å². The number of hydrogen-bond donors (Lipinski definition) is 1. The molecule has 0 spiro atoms. The van der Waals surface area contributed by atoms with E-state index < -0.39 is 11.6 Å². The third kappa shape index (κ3) is 2.85. The fourth-order valence-electron chi connectivity index (χ4n) is 2.28. The molecule has 1 atom stereocenters. The van der Waals surface area contributed by atoms with Crippen molar-refractivity contribution < 1.29 is 9.13 Å².